The fourth-order valence-electron chi connectivity index (χ4n) is 4.00. The monoisotopic (exact) mass is 449 g/mol. The van der Waals surface area contributed by atoms with Crippen LogP contribution in [0.3, 0.4) is 0 Å². The SMILES string of the molecule is COc1ccc2c(c1)C(=O)N(c1nc(C(=O)Nc3ccccc3N3CCNCC3)cs1)C2. The van der Waals surface area contributed by atoms with E-state index in [1.165, 1.54) is 11.3 Å². The Labute approximate surface area is 189 Å². The van der Waals surface area contributed by atoms with E-state index in [0.29, 0.717) is 28.7 Å². The van der Waals surface area contributed by atoms with Crippen LogP contribution in [-0.4, -0.2) is 50.1 Å². The van der Waals surface area contributed by atoms with Crippen LogP contribution < -0.4 is 25.2 Å². The lowest BCUT2D eigenvalue weighted by atomic mass is 10.1. The first-order valence-corrected chi connectivity index (χ1v) is 11.3. The zero-order valence-corrected chi connectivity index (χ0v) is 18.4. The van der Waals surface area contributed by atoms with Crippen molar-refractivity contribution >= 4 is 39.7 Å². The van der Waals surface area contributed by atoms with Gasteiger partial charge in [-0.1, -0.05) is 18.2 Å². The van der Waals surface area contributed by atoms with E-state index in [1.807, 2.05) is 36.4 Å². The fourth-order valence-corrected chi connectivity index (χ4v) is 4.80. The van der Waals surface area contributed by atoms with Crippen LogP contribution in [0, 0.1) is 0 Å². The van der Waals surface area contributed by atoms with Gasteiger partial charge in [-0.15, -0.1) is 11.3 Å². The van der Waals surface area contributed by atoms with Crippen LogP contribution in [0.1, 0.15) is 26.4 Å². The molecule has 164 valence electrons. The van der Waals surface area contributed by atoms with Gasteiger partial charge in [-0.2, -0.15) is 0 Å². The highest BCUT2D eigenvalue weighted by Gasteiger charge is 2.31. The molecule has 2 aromatic carbocycles. The normalized spacial score (nSPS) is 15.6. The topological polar surface area (TPSA) is 86.8 Å². The number of para-hydroxylation sites is 2. The highest BCUT2D eigenvalue weighted by Crippen LogP contribution is 2.33. The number of nitrogens with one attached hydrogen (secondary N) is 2. The van der Waals surface area contributed by atoms with Crippen molar-refractivity contribution in [1.29, 1.82) is 0 Å². The van der Waals surface area contributed by atoms with E-state index >= 15 is 0 Å². The number of benzene rings is 2. The molecule has 0 aliphatic carbocycles. The predicted molar refractivity (Wildman–Crippen MR) is 125 cm³/mol. The van der Waals surface area contributed by atoms with Crippen molar-refractivity contribution in [3.63, 3.8) is 0 Å². The van der Waals surface area contributed by atoms with Crippen molar-refractivity contribution in [1.82, 2.24) is 10.3 Å². The molecule has 1 fully saturated rings. The summed E-state index contributed by atoms with van der Waals surface area (Å²) in [5.41, 5.74) is 3.57. The van der Waals surface area contributed by atoms with Crippen LogP contribution in [0.4, 0.5) is 16.5 Å². The molecule has 0 radical (unpaired) electrons. The van der Waals surface area contributed by atoms with Gasteiger partial charge in [0.25, 0.3) is 11.8 Å². The van der Waals surface area contributed by atoms with Gasteiger partial charge >= 0.3 is 0 Å². The summed E-state index contributed by atoms with van der Waals surface area (Å²) in [5.74, 6) is 0.214. The molecule has 0 bridgehead atoms. The van der Waals surface area contributed by atoms with Crippen LogP contribution in [-0.2, 0) is 6.54 Å². The Morgan fingerprint density at radius 1 is 1.19 bits per heavy atom. The summed E-state index contributed by atoms with van der Waals surface area (Å²) in [6, 6.07) is 13.3. The molecular formula is C23H23N5O3S. The Morgan fingerprint density at radius 2 is 2.00 bits per heavy atom. The average Bonchev–Trinajstić information content (AvgIpc) is 3.45. The van der Waals surface area contributed by atoms with Gasteiger partial charge in [0, 0.05) is 37.1 Å². The number of rotatable bonds is 5. The highest BCUT2D eigenvalue weighted by atomic mass is 32.1. The van der Waals surface area contributed by atoms with Crippen molar-refractivity contribution in [3.05, 3.63) is 64.7 Å². The third-order valence-electron chi connectivity index (χ3n) is 5.69. The van der Waals surface area contributed by atoms with E-state index in [0.717, 1.165) is 43.1 Å². The Morgan fingerprint density at radius 3 is 2.81 bits per heavy atom. The maximum absolute atomic E-state index is 12.9. The summed E-state index contributed by atoms with van der Waals surface area (Å²) >= 11 is 1.29. The molecule has 32 heavy (non-hydrogen) atoms. The number of nitrogens with zero attached hydrogens (tertiary/aromatic N) is 3. The smallest absolute Gasteiger partial charge is 0.275 e. The number of carbonyl (C=O) groups excluding carboxylic acids is 2. The molecule has 2 aliphatic rings. The Kier molecular flexibility index (Phi) is 5.50. The van der Waals surface area contributed by atoms with Gasteiger partial charge in [-0.05, 0) is 29.8 Å². The first kappa shape index (κ1) is 20.5. The molecule has 0 unspecified atom stereocenters. The molecule has 8 nitrogen and oxygen atoms in total. The Hall–Kier alpha value is -3.43. The molecule has 1 saturated heterocycles. The number of amides is 2. The van der Waals surface area contributed by atoms with Crippen LogP contribution in [0.25, 0.3) is 0 Å². The summed E-state index contributed by atoms with van der Waals surface area (Å²) in [4.78, 5) is 34.1. The van der Waals surface area contributed by atoms with E-state index in [2.05, 4.69) is 20.5 Å². The van der Waals surface area contributed by atoms with Gasteiger partial charge < -0.3 is 20.3 Å². The standard InChI is InChI=1S/C23H23N5O3S/c1-31-16-7-6-15-13-28(22(30)17(15)12-16)23-26-19(14-32-23)21(29)25-18-4-2-3-5-20(18)27-10-8-24-9-11-27/h2-7,12,14,24H,8-11,13H2,1H3,(H,25,29). The molecule has 2 amide bonds. The lowest BCUT2D eigenvalue weighted by molar-refractivity contribution is 0.0991. The van der Waals surface area contributed by atoms with E-state index in [9.17, 15) is 9.59 Å². The van der Waals surface area contributed by atoms with Crippen molar-refractivity contribution in [2.45, 2.75) is 6.54 Å². The summed E-state index contributed by atoms with van der Waals surface area (Å²) in [6.07, 6.45) is 0. The van der Waals surface area contributed by atoms with E-state index in [4.69, 9.17) is 4.74 Å². The maximum Gasteiger partial charge on any atom is 0.275 e. The molecule has 1 aromatic heterocycles. The number of hydrogen-bond donors (Lipinski definition) is 2. The van der Waals surface area contributed by atoms with Gasteiger partial charge in [0.2, 0.25) is 0 Å². The Bertz CT molecular complexity index is 1170. The number of methoxy groups -OCH3 is 1. The predicted octanol–water partition coefficient (Wildman–Crippen LogP) is 2.97. The second kappa shape index (κ2) is 8.60. The minimum Gasteiger partial charge on any atom is -0.497 e. The molecule has 0 atom stereocenters. The first-order chi connectivity index (χ1) is 15.6. The summed E-state index contributed by atoms with van der Waals surface area (Å²) in [5, 5.41) is 8.53. The number of fused-ring (bicyclic) bond motifs is 1. The number of anilines is 3. The molecule has 2 N–H and O–H groups in total. The number of piperazine rings is 1. The largest absolute Gasteiger partial charge is 0.497 e. The van der Waals surface area contributed by atoms with Gasteiger partial charge in [0.1, 0.15) is 11.4 Å². The lowest BCUT2D eigenvalue weighted by Crippen LogP contribution is -2.43. The number of hydrogen-bond acceptors (Lipinski definition) is 7. The van der Waals surface area contributed by atoms with Crippen LogP contribution in [0.5, 0.6) is 5.75 Å². The van der Waals surface area contributed by atoms with E-state index in [1.54, 1.807) is 23.5 Å². The van der Waals surface area contributed by atoms with Gasteiger partial charge in [-0.3, -0.25) is 14.5 Å². The molecule has 9 heteroatoms. The van der Waals surface area contributed by atoms with Crippen molar-refractivity contribution in [2.24, 2.45) is 0 Å². The fraction of sp³-hybridized carbons (Fsp3) is 0.261. The maximum atomic E-state index is 12.9. The van der Waals surface area contributed by atoms with Crippen molar-refractivity contribution in [2.75, 3.05) is 48.4 Å². The third kappa shape index (κ3) is 3.80. The summed E-state index contributed by atoms with van der Waals surface area (Å²) < 4.78 is 5.23. The van der Waals surface area contributed by atoms with Gasteiger partial charge in [-0.25, -0.2) is 4.98 Å². The number of carbonyl (C=O) groups is 2. The van der Waals surface area contributed by atoms with E-state index < -0.39 is 0 Å². The molecule has 3 heterocycles. The number of aromatic nitrogens is 1. The minimum atomic E-state index is -0.291. The van der Waals surface area contributed by atoms with Gasteiger partial charge in [0.15, 0.2) is 5.13 Å². The second-order valence-corrected chi connectivity index (χ2v) is 8.47. The lowest BCUT2D eigenvalue weighted by Gasteiger charge is -2.31. The zero-order valence-electron chi connectivity index (χ0n) is 17.6. The second-order valence-electron chi connectivity index (χ2n) is 7.64. The molecule has 0 saturated carbocycles. The molecule has 2 aliphatic heterocycles. The first-order valence-electron chi connectivity index (χ1n) is 10.4. The number of thiazole rings is 1. The number of ether oxygens (including phenoxy) is 1. The average molecular weight is 450 g/mol. The molecule has 5 rings (SSSR count). The highest BCUT2D eigenvalue weighted by molar-refractivity contribution is 7.14. The van der Waals surface area contributed by atoms with E-state index in [-0.39, 0.29) is 11.8 Å². The van der Waals surface area contributed by atoms with Crippen LogP contribution >= 0.6 is 11.3 Å². The van der Waals surface area contributed by atoms with Crippen LogP contribution in [0.2, 0.25) is 0 Å². The molecular weight excluding hydrogens is 426 g/mol. The van der Waals surface area contributed by atoms with Gasteiger partial charge in [0.05, 0.1) is 25.0 Å². The Balaban J connectivity index is 1.33. The molecule has 3 aromatic rings. The van der Waals surface area contributed by atoms with Crippen LogP contribution in [0.15, 0.2) is 47.8 Å². The quantitative estimate of drug-likeness (QED) is 0.623. The zero-order chi connectivity index (χ0) is 22.1. The summed E-state index contributed by atoms with van der Waals surface area (Å²) in [6.45, 7) is 4.02. The molecule has 0 spiro atoms. The van der Waals surface area contributed by atoms with Crippen molar-refractivity contribution < 1.29 is 14.3 Å². The van der Waals surface area contributed by atoms with Crippen molar-refractivity contribution in [3.8, 4) is 5.75 Å². The summed E-state index contributed by atoms with van der Waals surface area (Å²) in [7, 11) is 1.57. The minimum absolute atomic E-state index is 0.135. The third-order valence-corrected chi connectivity index (χ3v) is 6.55.